The maximum atomic E-state index is 12.5. The van der Waals surface area contributed by atoms with Gasteiger partial charge in [-0.3, -0.25) is 4.79 Å². The third kappa shape index (κ3) is 5.59. The van der Waals surface area contributed by atoms with E-state index in [4.69, 9.17) is 4.74 Å². The second kappa shape index (κ2) is 9.89. The van der Waals surface area contributed by atoms with E-state index in [2.05, 4.69) is 6.07 Å². The standard InChI is InChI=1S/C19H28N2O2/c1-5-11-21(12-6-2)19(22)17(14-20)10-13-23-18-15(3)8-7-9-16(18)4/h7-9,17H,5-6,10-13H2,1-4H3. The van der Waals surface area contributed by atoms with Crippen molar-refractivity contribution in [3.05, 3.63) is 29.3 Å². The number of rotatable bonds is 9. The highest BCUT2D eigenvalue weighted by molar-refractivity contribution is 5.81. The fourth-order valence-electron chi connectivity index (χ4n) is 2.64. The molecule has 4 heteroatoms. The van der Waals surface area contributed by atoms with Crippen LogP contribution in [0.5, 0.6) is 5.75 Å². The zero-order chi connectivity index (χ0) is 17.2. The van der Waals surface area contributed by atoms with E-state index in [1.165, 1.54) is 0 Å². The zero-order valence-electron chi connectivity index (χ0n) is 14.8. The summed E-state index contributed by atoms with van der Waals surface area (Å²) in [6.45, 7) is 9.88. The molecular formula is C19H28N2O2. The van der Waals surface area contributed by atoms with Crippen LogP contribution in [0, 0.1) is 31.1 Å². The van der Waals surface area contributed by atoms with Gasteiger partial charge in [0.05, 0.1) is 12.7 Å². The summed E-state index contributed by atoms with van der Waals surface area (Å²) in [6, 6.07) is 8.13. The van der Waals surface area contributed by atoms with Crippen molar-refractivity contribution in [2.45, 2.75) is 47.0 Å². The average molecular weight is 316 g/mol. The van der Waals surface area contributed by atoms with Crippen LogP contribution in [0.2, 0.25) is 0 Å². The third-order valence-electron chi connectivity index (χ3n) is 3.81. The highest BCUT2D eigenvalue weighted by atomic mass is 16.5. The number of carbonyl (C=O) groups is 1. The molecule has 1 aromatic rings. The smallest absolute Gasteiger partial charge is 0.240 e. The molecule has 0 aliphatic carbocycles. The first-order valence-corrected chi connectivity index (χ1v) is 8.42. The number of aryl methyl sites for hydroxylation is 2. The molecule has 0 heterocycles. The van der Waals surface area contributed by atoms with Crippen LogP contribution in [0.4, 0.5) is 0 Å². The van der Waals surface area contributed by atoms with Gasteiger partial charge in [-0.15, -0.1) is 0 Å². The van der Waals surface area contributed by atoms with Gasteiger partial charge in [-0.1, -0.05) is 32.0 Å². The quantitative estimate of drug-likeness (QED) is 0.695. The van der Waals surface area contributed by atoms with E-state index in [-0.39, 0.29) is 5.91 Å². The summed E-state index contributed by atoms with van der Waals surface area (Å²) in [5.41, 5.74) is 2.15. The summed E-state index contributed by atoms with van der Waals surface area (Å²) < 4.78 is 5.83. The van der Waals surface area contributed by atoms with Gasteiger partial charge < -0.3 is 9.64 Å². The first-order chi connectivity index (χ1) is 11.0. The number of carbonyl (C=O) groups excluding carboxylic acids is 1. The van der Waals surface area contributed by atoms with Gasteiger partial charge in [0.2, 0.25) is 5.91 Å². The molecule has 0 aromatic heterocycles. The van der Waals surface area contributed by atoms with Crippen LogP contribution in [0.15, 0.2) is 18.2 Å². The van der Waals surface area contributed by atoms with Gasteiger partial charge in [0.1, 0.15) is 11.7 Å². The topological polar surface area (TPSA) is 53.3 Å². The minimum atomic E-state index is -0.627. The Morgan fingerprint density at radius 2 is 1.78 bits per heavy atom. The Hall–Kier alpha value is -2.02. The predicted octanol–water partition coefficient (Wildman–Crippen LogP) is 3.86. The number of nitriles is 1. The summed E-state index contributed by atoms with van der Waals surface area (Å²) in [7, 11) is 0. The van der Waals surface area contributed by atoms with Crippen molar-refractivity contribution >= 4 is 5.91 Å². The average Bonchev–Trinajstić information content (AvgIpc) is 2.53. The Kier molecular flexibility index (Phi) is 8.18. The number of hydrogen-bond acceptors (Lipinski definition) is 3. The lowest BCUT2D eigenvalue weighted by Crippen LogP contribution is -2.37. The van der Waals surface area contributed by atoms with E-state index in [9.17, 15) is 10.1 Å². The zero-order valence-corrected chi connectivity index (χ0v) is 14.8. The van der Waals surface area contributed by atoms with Crippen molar-refractivity contribution in [3.8, 4) is 11.8 Å². The van der Waals surface area contributed by atoms with Gasteiger partial charge in [-0.2, -0.15) is 5.26 Å². The Morgan fingerprint density at radius 3 is 2.26 bits per heavy atom. The molecule has 0 saturated carbocycles. The maximum Gasteiger partial charge on any atom is 0.240 e. The number of amides is 1. The van der Waals surface area contributed by atoms with E-state index in [0.29, 0.717) is 26.1 Å². The second-order valence-electron chi connectivity index (χ2n) is 5.87. The molecule has 0 aliphatic heterocycles. The van der Waals surface area contributed by atoms with Gasteiger partial charge in [-0.25, -0.2) is 0 Å². The molecule has 0 fully saturated rings. The molecule has 1 unspecified atom stereocenters. The van der Waals surface area contributed by atoms with Crippen molar-refractivity contribution in [1.82, 2.24) is 4.90 Å². The molecule has 0 aliphatic rings. The monoisotopic (exact) mass is 316 g/mol. The Labute approximate surface area is 140 Å². The van der Waals surface area contributed by atoms with E-state index in [1.807, 2.05) is 45.9 Å². The molecule has 1 amide bonds. The summed E-state index contributed by atoms with van der Waals surface area (Å²) in [5.74, 6) is 0.161. The SMILES string of the molecule is CCCN(CCC)C(=O)C(C#N)CCOc1c(C)cccc1C. The fourth-order valence-corrected chi connectivity index (χ4v) is 2.64. The van der Waals surface area contributed by atoms with E-state index < -0.39 is 5.92 Å². The van der Waals surface area contributed by atoms with Crippen molar-refractivity contribution in [1.29, 1.82) is 5.26 Å². The number of hydrogen-bond donors (Lipinski definition) is 0. The molecule has 1 atom stereocenters. The molecule has 0 N–H and O–H groups in total. The summed E-state index contributed by atoms with van der Waals surface area (Å²) in [6.07, 6.45) is 2.23. The Bertz CT molecular complexity index is 523. The van der Waals surface area contributed by atoms with Crippen molar-refractivity contribution < 1.29 is 9.53 Å². The van der Waals surface area contributed by atoms with Crippen LogP contribution >= 0.6 is 0 Å². The molecule has 23 heavy (non-hydrogen) atoms. The van der Waals surface area contributed by atoms with Crippen molar-refractivity contribution in [2.75, 3.05) is 19.7 Å². The second-order valence-corrected chi connectivity index (χ2v) is 5.87. The molecule has 0 saturated heterocycles. The van der Waals surface area contributed by atoms with Crippen LogP contribution in [-0.2, 0) is 4.79 Å². The molecule has 1 aromatic carbocycles. The minimum Gasteiger partial charge on any atom is -0.493 e. The van der Waals surface area contributed by atoms with Gasteiger partial charge in [0, 0.05) is 19.5 Å². The van der Waals surface area contributed by atoms with E-state index >= 15 is 0 Å². The van der Waals surface area contributed by atoms with Gasteiger partial charge in [0.25, 0.3) is 0 Å². The number of para-hydroxylation sites is 1. The molecular weight excluding hydrogens is 288 g/mol. The molecule has 126 valence electrons. The van der Waals surface area contributed by atoms with E-state index in [0.717, 1.165) is 29.7 Å². The van der Waals surface area contributed by atoms with Crippen LogP contribution in [0.25, 0.3) is 0 Å². The first kappa shape index (κ1) is 19.0. The molecule has 0 bridgehead atoms. The normalized spacial score (nSPS) is 11.6. The molecule has 0 spiro atoms. The summed E-state index contributed by atoms with van der Waals surface area (Å²) >= 11 is 0. The van der Waals surface area contributed by atoms with Gasteiger partial charge >= 0.3 is 0 Å². The largest absolute Gasteiger partial charge is 0.493 e. The number of benzene rings is 1. The molecule has 1 rings (SSSR count). The molecule has 0 radical (unpaired) electrons. The lowest BCUT2D eigenvalue weighted by atomic mass is 10.1. The Balaban J connectivity index is 2.63. The highest BCUT2D eigenvalue weighted by Crippen LogP contribution is 2.23. The fraction of sp³-hybridized carbons (Fsp3) is 0.579. The highest BCUT2D eigenvalue weighted by Gasteiger charge is 2.23. The summed E-state index contributed by atoms with van der Waals surface area (Å²) in [4.78, 5) is 14.3. The van der Waals surface area contributed by atoms with Crippen LogP contribution in [0.1, 0.15) is 44.2 Å². The number of ether oxygens (including phenoxy) is 1. The van der Waals surface area contributed by atoms with Gasteiger partial charge in [-0.05, 0) is 37.8 Å². The van der Waals surface area contributed by atoms with Crippen LogP contribution < -0.4 is 4.74 Å². The lowest BCUT2D eigenvalue weighted by molar-refractivity contribution is -0.134. The third-order valence-corrected chi connectivity index (χ3v) is 3.81. The predicted molar refractivity (Wildman–Crippen MR) is 92.3 cm³/mol. The number of nitrogens with zero attached hydrogens (tertiary/aromatic N) is 2. The van der Waals surface area contributed by atoms with Crippen LogP contribution in [0.3, 0.4) is 0 Å². The maximum absolute atomic E-state index is 12.5. The van der Waals surface area contributed by atoms with Crippen molar-refractivity contribution in [3.63, 3.8) is 0 Å². The van der Waals surface area contributed by atoms with Crippen LogP contribution in [-0.4, -0.2) is 30.5 Å². The Morgan fingerprint density at radius 1 is 1.22 bits per heavy atom. The molecule has 4 nitrogen and oxygen atoms in total. The van der Waals surface area contributed by atoms with E-state index in [1.54, 1.807) is 4.90 Å². The minimum absolute atomic E-state index is 0.0682. The summed E-state index contributed by atoms with van der Waals surface area (Å²) in [5, 5.41) is 9.34. The van der Waals surface area contributed by atoms with Gasteiger partial charge in [0.15, 0.2) is 0 Å². The first-order valence-electron chi connectivity index (χ1n) is 8.42. The lowest BCUT2D eigenvalue weighted by Gasteiger charge is -2.24. The van der Waals surface area contributed by atoms with Crippen molar-refractivity contribution in [2.24, 2.45) is 5.92 Å².